The van der Waals surface area contributed by atoms with Crippen LogP contribution in [0, 0.1) is 0 Å². The van der Waals surface area contributed by atoms with Gasteiger partial charge in [0.1, 0.15) is 11.4 Å². The maximum Gasteiger partial charge on any atom is 0.341 e. The standard InChI is InChI=1S/C14H17N7O4S/c1-26(24,25)21-9-8-20(14(21)23)13(22)17-5-7-19-6-2-11(18-19)12-10-15-3-4-16-12/h2-4,6,10H,5,7-9H2,1H3,(H,17,22). The smallest absolute Gasteiger partial charge is 0.336 e. The quantitative estimate of drug-likeness (QED) is 0.758. The van der Waals surface area contributed by atoms with Gasteiger partial charge in [0.05, 0.1) is 32.1 Å². The molecule has 1 aliphatic rings. The minimum Gasteiger partial charge on any atom is -0.336 e. The molecule has 0 unspecified atom stereocenters. The van der Waals surface area contributed by atoms with Crippen LogP contribution in [0.2, 0.25) is 0 Å². The number of amides is 4. The molecule has 0 radical (unpaired) electrons. The molecule has 0 aliphatic carbocycles. The van der Waals surface area contributed by atoms with Gasteiger partial charge in [-0.05, 0) is 6.07 Å². The van der Waals surface area contributed by atoms with E-state index in [0.29, 0.717) is 22.2 Å². The average molecular weight is 379 g/mol. The molecule has 4 amide bonds. The van der Waals surface area contributed by atoms with Crippen LogP contribution in [0.15, 0.2) is 30.9 Å². The molecule has 2 aromatic rings. The lowest BCUT2D eigenvalue weighted by Crippen LogP contribution is -2.44. The van der Waals surface area contributed by atoms with Gasteiger partial charge in [0.2, 0.25) is 10.0 Å². The lowest BCUT2D eigenvalue weighted by atomic mass is 10.3. The molecule has 1 N–H and O–H groups in total. The Morgan fingerprint density at radius 1 is 1.27 bits per heavy atom. The van der Waals surface area contributed by atoms with Crippen LogP contribution in [0.1, 0.15) is 0 Å². The van der Waals surface area contributed by atoms with Gasteiger partial charge in [-0.25, -0.2) is 27.2 Å². The van der Waals surface area contributed by atoms with Gasteiger partial charge in [0, 0.05) is 25.1 Å². The van der Waals surface area contributed by atoms with Crippen molar-refractivity contribution >= 4 is 22.1 Å². The molecule has 0 saturated carbocycles. The highest BCUT2D eigenvalue weighted by molar-refractivity contribution is 7.88. The van der Waals surface area contributed by atoms with E-state index in [1.165, 1.54) is 0 Å². The zero-order valence-electron chi connectivity index (χ0n) is 13.9. The third kappa shape index (κ3) is 3.79. The number of hydrogen-bond donors (Lipinski definition) is 1. The highest BCUT2D eigenvalue weighted by Gasteiger charge is 2.37. The zero-order chi connectivity index (χ0) is 18.7. The summed E-state index contributed by atoms with van der Waals surface area (Å²) in [5.74, 6) is 0. The Hall–Kier alpha value is -3.02. The van der Waals surface area contributed by atoms with Crippen molar-refractivity contribution in [3.63, 3.8) is 0 Å². The van der Waals surface area contributed by atoms with Crippen molar-refractivity contribution < 1.29 is 18.0 Å². The van der Waals surface area contributed by atoms with E-state index in [2.05, 4.69) is 20.4 Å². The van der Waals surface area contributed by atoms with Crippen molar-refractivity contribution in [3.05, 3.63) is 30.9 Å². The number of urea groups is 2. The predicted octanol–water partition coefficient (Wildman–Crippen LogP) is -0.253. The largest absolute Gasteiger partial charge is 0.341 e. The van der Waals surface area contributed by atoms with Crippen LogP contribution in [0.5, 0.6) is 0 Å². The highest BCUT2D eigenvalue weighted by Crippen LogP contribution is 2.13. The summed E-state index contributed by atoms with van der Waals surface area (Å²) < 4.78 is 25.2. The lowest BCUT2D eigenvalue weighted by molar-refractivity contribution is 0.193. The molecule has 0 bridgehead atoms. The Bertz CT molecular complexity index is 912. The zero-order valence-corrected chi connectivity index (χ0v) is 14.8. The van der Waals surface area contributed by atoms with Gasteiger partial charge in [-0.2, -0.15) is 5.10 Å². The van der Waals surface area contributed by atoms with Crippen LogP contribution < -0.4 is 5.32 Å². The molecule has 11 nitrogen and oxygen atoms in total. The van der Waals surface area contributed by atoms with Gasteiger partial charge in [0.25, 0.3) is 0 Å². The number of sulfonamides is 1. The van der Waals surface area contributed by atoms with E-state index in [1.807, 2.05) is 0 Å². The molecule has 3 rings (SSSR count). The summed E-state index contributed by atoms with van der Waals surface area (Å²) >= 11 is 0. The SMILES string of the molecule is CS(=O)(=O)N1CCN(C(=O)NCCn2ccc(-c3cnccn3)n2)C1=O. The summed E-state index contributed by atoms with van der Waals surface area (Å²) in [6, 6.07) is 0.302. The summed E-state index contributed by atoms with van der Waals surface area (Å²) in [4.78, 5) is 33.0. The first kappa shape index (κ1) is 17.8. The molecule has 1 saturated heterocycles. The first-order valence-electron chi connectivity index (χ1n) is 7.73. The van der Waals surface area contributed by atoms with Crippen molar-refractivity contribution in [3.8, 4) is 11.4 Å². The van der Waals surface area contributed by atoms with Crippen LogP contribution in [-0.2, 0) is 16.6 Å². The van der Waals surface area contributed by atoms with E-state index in [1.54, 1.807) is 35.5 Å². The van der Waals surface area contributed by atoms with Crippen molar-refractivity contribution in [1.82, 2.24) is 34.3 Å². The maximum absolute atomic E-state index is 12.1. The van der Waals surface area contributed by atoms with Gasteiger partial charge in [-0.3, -0.25) is 14.6 Å². The van der Waals surface area contributed by atoms with Crippen molar-refractivity contribution in [1.29, 1.82) is 0 Å². The minimum absolute atomic E-state index is 0.0241. The highest BCUT2D eigenvalue weighted by atomic mass is 32.2. The van der Waals surface area contributed by atoms with Gasteiger partial charge in [0.15, 0.2) is 0 Å². The molecule has 0 spiro atoms. The first-order chi connectivity index (χ1) is 12.4. The van der Waals surface area contributed by atoms with Crippen LogP contribution in [0.25, 0.3) is 11.4 Å². The summed E-state index contributed by atoms with van der Waals surface area (Å²) in [6.07, 6.45) is 7.41. The molecular weight excluding hydrogens is 362 g/mol. The Labute approximate surface area is 149 Å². The lowest BCUT2D eigenvalue weighted by Gasteiger charge is -2.16. The molecule has 0 aromatic carbocycles. The van der Waals surface area contributed by atoms with E-state index < -0.39 is 22.1 Å². The number of nitrogens with one attached hydrogen (secondary N) is 1. The Balaban J connectivity index is 1.52. The first-order valence-corrected chi connectivity index (χ1v) is 9.58. The summed E-state index contributed by atoms with van der Waals surface area (Å²) in [5, 5.41) is 6.91. The van der Waals surface area contributed by atoms with Crippen LogP contribution in [0.4, 0.5) is 9.59 Å². The van der Waals surface area contributed by atoms with Crippen LogP contribution in [-0.4, -0.2) is 75.3 Å². The second kappa shape index (κ2) is 7.07. The topological polar surface area (TPSA) is 130 Å². The molecule has 3 heterocycles. The fourth-order valence-corrected chi connectivity index (χ4v) is 3.24. The maximum atomic E-state index is 12.1. The van der Waals surface area contributed by atoms with E-state index in [0.717, 1.165) is 11.2 Å². The second-order valence-corrected chi connectivity index (χ2v) is 7.46. The molecular formula is C14H17N7O4S. The van der Waals surface area contributed by atoms with E-state index in [9.17, 15) is 18.0 Å². The predicted molar refractivity (Wildman–Crippen MR) is 90.3 cm³/mol. The van der Waals surface area contributed by atoms with Gasteiger partial charge >= 0.3 is 12.1 Å². The van der Waals surface area contributed by atoms with E-state index in [-0.39, 0.29) is 19.6 Å². The third-order valence-electron chi connectivity index (χ3n) is 3.70. The van der Waals surface area contributed by atoms with E-state index in [4.69, 9.17) is 0 Å². The van der Waals surface area contributed by atoms with Gasteiger partial charge in [-0.15, -0.1) is 0 Å². The molecule has 26 heavy (non-hydrogen) atoms. The fourth-order valence-electron chi connectivity index (χ4n) is 2.44. The number of hydrogen-bond acceptors (Lipinski definition) is 7. The Kier molecular flexibility index (Phi) is 4.84. The monoisotopic (exact) mass is 379 g/mol. The summed E-state index contributed by atoms with van der Waals surface area (Å²) in [7, 11) is -3.67. The second-order valence-electron chi connectivity index (χ2n) is 5.56. The number of aromatic nitrogens is 4. The van der Waals surface area contributed by atoms with Crippen LogP contribution in [0.3, 0.4) is 0 Å². The normalized spacial score (nSPS) is 14.7. The number of carbonyl (C=O) groups is 2. The molecule has 0 atom stereocenters. The minimum atomic E-state index is -3.67. The molecule has 138 valence electrons. The van der Waals surface area contributed by atoms with Gasteiger partial charge < -0.3 is 5.32 Å². The van der Waals surface area contributed by atoms with Crippen LogP contribution >= 0.6 is 0 Å². The van der Waals surface area contributed by atoms with Crippen molar-refractivity contribution in [2.75, 3.05) is 25.9 Å². The molecule has 12 heteroatoms. The van der Waals surface area contributed by atoms with Crippen molar-refractivity contribution in [2.24, 2.45) is 0 Å². The third-order valence-corrected chi connectivity index (χ3v) is 4.84. The molecule has 1 aliphatic heterocycles. The number of carbonyl (C=O) groups excluding carboxylic acids is 2. The number of rotatable bonds is 5. The summed E-state index contributed by atoms with van der Waals surface area (Å²) in [5.41, 5.74) is 1.29. The number of imide groups is 1. The fraction of sp³-hybridized carbons (Fsp3) is 0.357. The Morgan fingerprint density at radius 2 is 2.08 bits per heavy atom. The van der Waals surface area contributed by atoms with E-state index >= 15 is 0 Å². The molecule has 2 aromatic heterocycles. The average Bonchev–Trinajstić information content (AvgIpc) is 3.22. The Morgan fingerprint density at radius 3 is 2.73 bits per heavy atom. The van der Waals surface area contributed by atoms with Gasteiger partial charge in [-0.1, -0.05) is 0 Å². The molecule has 1 fully saturated rings. The summed E-state index contributed by atoms with van der Waals surface area (Å²) in [6.45, 7) is 0.592. The van der Waals surface area contributed by atoms with Crippen molar-refractivity contribution in [2.45, 2.75) is 6.54 Å². The number of nitrogens with zero attached hydrogens (tertiary/aromatic N) is 6.